The van der Waals surface area contributed by atoms with Gasteiger partial charge in [-0.3, -0.25) is 25.2 Å². The first-order valence-electron chi connectivity index (χ1n) is 9.73. The minimum Gasteiger partial charge on any atom is -0.493 e. The molecular weight excluding hydrogens is 450 g/mol. The van der Waals surface area contributed by atoms with Crippen LogP contribution in [0, 0.1) is 5.92 Å². The van der Waals surface area contributed by atoms with Crippen molar-refractivity contribution in [3.8, 4) is 5.75 Å². The van der Waals surface area contributed by atoms with E-state index < -0.39 is 11.8 Å². The van der Waals surface area contributed by atoms with Gasteiger partial charge in [-0.15, -0.1) is 0 Å². The van der Waals surface area contributed by atoms with Crippen LogP contribution >= 0.6 is 15.9 Å². The molecule has 7 nitrogen and oxygen atoms in total. The van der Waals surface area contributed by atoms with Gasteiger partial charge in [0.25, 0.3) is 11.8 Å². The van der Waals surface area contributed by atoms with Crippen LogP contribution in [-0.2, 0) is 4.79 Å². The molecule has 0 aliphatic carbocycles. The number of nitrogens with one attached hydrogen (secondary N) is 3. The molecule has 0 aliphatic rings. The Hall–Kier alpha value is -2.87. The molecule has 0 aliphatic heterocycles. The van der Waals surface area contributed by atoms with Gasteiger partial charge in [0.15, 0.2) is 0 Å². The number of halogens is 1. The Kier molecular flexibility index (Phi) is 8.86. The summed E-state index contributed by atoms with van der Waals surface area (Å²) in [5, 5.41) is 2.78. The van der Waals surface area contributed by atoms with E-state index in [-0.39, 0.29) is 11.8 Å². The second kappa shape index (κ2) is 11.3. The maximum Gasteiger partial charge on any atom is 0.273 e. The molecule has 30 heavy (non-hydrogen) atoms. The quantitative estimate of drug-likeness (QED) is 0.495. The molecule has 0 unspecified atom stereocenters. The molecule has 8 heteroatoms. The van der Waals surface area contributed by atoms with Gasteiger partial charge < -0.3 is 10.1 Å². The molecule has 0 spiro atoms. The van der Waals surface area contributed by atoms with Gasteiger partial charge in [0, 0.05) is 22.1 Å². The molecule has 0 radical (unpaired) electrons. The van der Waals surface area contributed by atoms with Crippen molar-refractivity contribution in [1.29, 1.82) is 0 Å². The number of amides is 3. The predicted octanol–water partition coefficient (Wildman–Crippen LogP) is 4.30. The van der Waals surface area contributed by atoms with Crippen molar-refractivity contribution >= 4 is 39.3 Å². The smallest absolute Gasteiger partial charge is 0.273 e. The summed E-state index contributed by atoms with van der Waals surface area (Å²) in [6, 6.07) is 11.5. The molecule has 0 atom stereocenters. The van der Waals surface area contributed by atoms with Crippen LogP contribution in [0.3, 0.4) is 0 Å². The summed E-state index contributed by atoms with van der Waals surface area (Å²) in [4.78, 5) is 36.7. The number of hydrazine groups is 1. The Morgan fingerprint density at radius 3 is 2.30 bits per heavy atom. The van der Waals surface area contributed by atoms with Gasteiger partial charge in [-0.2, -0.15) is 0 Å². The van der Waals surface area contributed by atoms with Crippen LogP contribution in [0.25, 0.3) is 0 Å². The van der Waals surface area contributed by atoms with Gasteiger partial charge in [0.1, 0.15) is 5.75 Å². The number of hydrogen-bond donors (Lipinski definition) is 3. The third-order valence-corrected chi connectivity index (χ3v) is 4.46. The first-order valence-corrected chi connectivity index (χ1v) is 10.5. The number of benzene rings is 2. The van der Waals surface area contributed by atoms with Gasteiger partial charge in [0.05, 0.1) is 12.2 Å². The summed E-state index contributed by atoms with van der Waals surface area (Å²) in [6.07, 6.45) is 1.23. The van der Waals surface area contributed by atoms with Crippen LogP contribution in [0.2, 0.25) is 0 Å². The summed E-state index contributed by atoms with van der Waals surface area (Å²) < 4.78 is 6.31. The molecular formula is C22H26BrN3O4. The van der Waals surface area contributed by atoms with E-state index in [9.17, 15) is 14.4 Å². The highest BCUT2D eigenvalue weighted by Crippen LogP contribution is 2.23. The molecule has 3 amide bonds. The van der Waals surface area contributed by atoms with E-state index in [0.29, 0.717) is 35.6 Å². The molecule has 0 aromatic heterocycles. The monoisotopic (exact) mass is 475 g/mol. The number of carbonyl (C=O) groups excluding carboxylic acids is 3. The van der Waals surface area contributed by atoms with Crippen LogP contribution in [0.5, 0.6) is 5.75 Å². The van der Waals surface area contributed by atoms with Crippen molar-refractivity contribution in [2.45, 2.75) is 33.6 Å². The molecule has 3 N–H and O–H groups in total. The van der Waals surface area contributed by atoms with Crippen LogP contribution in [0.1, 0.15) is 54.3 Å². The van der Waals surface area contributed by atoms with E-state index in [1.54, 1.807) is 42.5 Å². The highest BCUT2D eigenvalue weighted by atomic mass is 79.9. The van der Waals surface area contributed by atoms with Crippen molar-refractivity contribution in [3.05, 3.63) is 58.1 Å². The molecule has 2 rings (SSSR count). The minimum atomic E-state index is -0.492. The maximum atomic E-state index is 12.5. The summed E-state index contributed by atoms with van der Waals surface area (Å²) in [6.45, 7) is 6.39. The zero-order valence-electron chi connectivity index (χ0n) is 17.3. The van der Waals surface area contributed by atoms with Gasteiger partial charge in [0.2, 0.25) is 5.91 Å². The van der Waals surface area contributed by atoms with Crippen molar-refractivity contribution in [1.82, 2.24) is 10.9 Å². The zero-order valence-corrected chi connectivity index (χ0v) is 18.8. The van der Waals surface area contributed by atoms with Crippen molar-refractivity contribution in [2.24, 2.45) is 5.92 Å². The topological polar surface area (TPSA) is 96.5 Å². The van der Waals surface area contributed by atoms with E-state index in [1.165, 1.54) is 0 Å². The van der Waals surface area contributed by atoms with Crippen LogP contribution in [0.4, 0.5) is 5.69 Å². The van der Waals surface area contributed by atoms with Gasteiger partial charge >= 0.3 is 0 Å². The second-order valence-electron chi connectivity index (χ2n) is 7.12. The number of carbonyl (C=O) groups is 3. The fraction of sp³-hybridized carbons (Fsp3) is 0.318. The Bertz CT molecular complexity index is 898. The van der Waals surface area contributed by atoms with Crippen LogP contribution in [-0.4, -0.2) is 24.3 Å². The van der Waals surface area contributed by atoms with Gasteiger partial charge in [-0.25, -0.2) is 0 Å². The van der Waals surface area contributed by atoms with E-state index in [4.69, 9.17) is 4.74 Å². The predicted molar refractivity (Wildman–Crippen MR) is 119 cm³/mol. The second-order valence-corrected chi connectivity index (χ2v) is 8.04. The lowest BCUT2D eigenvalue weighted by molar-refractivity contribution is -0.116. The average molecular weight is 476 g/mol. The molecule has 160 valence electrons. The lowest BCUT2D eigenvalue weighted by atomic mass is 10.1. The Labute approximate surface area is 184 Å². The molecule has 0 saturated carbocycles. The molecule has 0 saturated heterocycles. The van der Waals surface area contributed by atoms with E-state index in [2.05, 4.69) is 32.1 Å². The van der Waals surface area contributed by atoms with Crippen molar-refractivity contribution < 1.29 is 19.1 Å². The first kappa shape index (κ1) is 23.4. The lowest BCUT2D eigenvalue weighted by Gasteiger charge is -2.13. The molecule has 2 aromatic rings. The number of ether oxygens (including phenoxy) is 1. The summed E-state index contributed by atoms with van der Waals surface area (Å²) >= 11 is 3.33. The van der Waals surface area contributed by atoms with Crippen molar-refractivity contribution in [3.63, 3.8) is 0 Å². The SMILES string of the molecule is CCCOc1ccc(Br)cc1C(=O)NNC(=O)c1ccc(NC(=O)CC(C)C)cc1. The third kappa shape index (κ3) is 7.18. The number of hydrogen-bond acceptors (Lipinski definition) is 4. The Morgan fingerprint density at radius 2 is 1.67 bits per heavy atom. The van der Waals surface area contributed by atoms with E-state index >= 15 is 0 Å². The number of rotatable bonds is 8. The van der Waals surface area contributed by atoms with Crippen molar-refractivity contribution in [2.75, 3.05) is 11.9 Å². The zero-order chi connectivity index (χ0) is 22.1. The largest absolute Gasteiger partial charge is 0.493 e. The molecule has 0 fully saturated rings. The average Bonchev–Trinajstić information content (AvgIpc) is 2.70. The van der Waals surface area contributed by atoms with E-state index in [1.807, 2.05) is 20.8 Å². The van der Waals surface area contributed by atoms with Gasteiger partial charge in [-0.05, 0) is 54.8 Å². The Balaban J connectivity index is 1.96. The highest BCUT2D eigenvalue weighted by Gasteiger charge is 2.15. The lowest BCUT2D eigenvalue weighted by Crippen LogP contribution is -2.41. The molecule has 0 heterocycles. The normalized spacial score (nSPS) is 10.4. The van der Waals surface area contributed by atoms with Crippen LogP contribution < -0.4 is 20.9 Å². The standard InChI is InChI=1S/C22H26BrN3O4/c1-4-11-30-19-10-7-16(23)13-18(19)22(29)26-25-21(28)15-5-8-17(9-6-15)24-20(27)12-14(2)3/h5-10,13-14H,4,11-12H2,1-3H3,(H,24,27)(H,25,28)(H,26,29). The molecule has 0 bridgehead atoms. The summed E-state index contributed by atoms with van der Waals surface area (Å²) in [5.74, 6) is -0.350. The van der Waals surface area contributed by atoms with Gasteiger partial charge in [-0.1, -0.05) is 36.7 Å². The number of anilines is 1. The molecule has 2 aromatic carbocycles. The highest BCUT2D eigenvalue weighted by molar-refractivity contribution is 9.10. The third-order valence-electron chi connectivity index (χ3n) is 3.96. The maximum absolute atomic E-state index is 12.5. The van der Waals surface area contributed by atoms with Crippen LogP contribution in [0.15, 0.2) is 46.9 Å². The Morgan fingerprint density at radius 1 is 1.00 bits per heavy atom. The fourth-order valence-electron chi connectivity index (χ4n) is 2.56. The summed E-state index contributed by atoms with van der Waals surface area (Å²) in [7, 11) is 0. The fourth-order valence-corrected chi connectivity index (χ4v) is 2.92. The first-order chi connectivity index (χ1) is 14.3. The minimum absolute atomic E-state index is 0.0791. The summed E-state index contributed by atoms with van der Waals surface area (Å²) in [5.41, 5.74) is 6.04. The van der Waals surface area contributed by atoms with E-state index in [0.717, 1.165) is 10.9 Å².